The Kier molecular flexibility index (Phi) is 9.69. The zero-order valence-corrected chi connectivity index (χ0v) is 19.1. The standard InChI is InChI=1S/C21H28N4O8S/c22-13(9-17(27)28)18(29)24-15(10-34)20(31)25-7-1-2-16(25)19(30)23-14(21(32)33)8-11-3-5-12(26)6-4-11/h3-6,13-16,26,34H,1-2,7-10,22H2,(H,23,30)(H,24,29)(H,27,28)(H,32,33). The highest BCUT2D eigenvalue weighted by molar-refractivity contribution is 7.80. The second-order valence-corrected chi connectivity index (χ2v) is 8.27. The summed E-state index contributed by atoms with van der Waals surface area (Å²) in [7, 11) is 0. The molecule has 0 bridgehead atoms. The number of phenolic OH excluding ortho intramolecular Hbond substituents is 1. The number of nitrogens with one attached hydrogen (secondary N) is 2. The molecule has 4 atom stereocenters. The summed E-state index contributed by atoms with van der Waals surface area (Å²) in [5.41, 5.74) is 6.11. The van der Waals surface area contributed by atoms with Crippen molar-refractivity contribution in [2.75, 3.05) is 12.3 Å². The van der Waals surface area contributed by atoms with E-state index in [1.54, 1.807) is 0 Å². The number of thiol groups is 1. The third-order valence-electron chi connectivity index (χ3n) is 5.36. The molecule has 4 unspecified atom stereocenters. The van der Waals surface area contributed by atoms with Crippen molar-refractivity contribution in [2.45, 2.75) is 49.9 Å². The largest absolute Gasteiger partial charge is 0.508 e. The summed E-state index contributed by atoms with van der Waals surface area (Å²) in [6, 6.07) is 1.18. The summed E-state index contributed by atoms with van der Waals surface area (Å²) in [6.45, 7) is 0.216. The SMILES string of the molecule is NC(CC(=O)O)C(=O)NC(CS)C(=O)N1CCCC1C(=O)NC(Cc1ccc(O)cc1)C(=O)O. The van der Waals surface area contributed by atoms with Gasteiger partial charge in [0.2, 0.25) is 17.7 Å². The van der Waals surface area contributed by atoms with Crippen LogP contribution in [0.5, 0.6) is 5.75 Å². The zero-order chi connectivity index (χ0) is 25.4. The molecule has 0 saturated carbocycles. The Hall–Kier alpha value is -3.32. The summed E-state index contributed by atoms with van der Waals surface area (Å²) in [5.74, 6) is -4.71. The first-order valence-corrected chi connectivity index (χ1v) is 11.2. The van der Waals surface area contributed by atoms with E-state index in [1.807, 2.05) is 0 Å². The quantitative estimate of drug-likeness (QED) is 0.182. The lowest BCUT2D eigenvalue weighted by molar-refractivity contribution is -0.144. The number of hydrogen-bond donors (Lipinski definition) is 7. The molecule has 12 nitrogen and oxygen atoms in total. The van der Waals surface area contributed by atoms with Gasteiger partial charge in [-0.15, -0.1) is 0 Å². The highest BCUT2D eigenvalue weighted by Gasteiger charge is 2.38. The summed E-state index contributed by atoms with van der Waals surface area (Å²) < 4.78 is 0. The van der Waals surface area contributed by atoms with Gasteiger partial charge in [-0.2, -0.15) is 12.6 Å². The molecule has 1 saturated heterocycles. The van der Waals surface area contributed by atoms with Crippen LogP contribution < -0.4 is 16.4 Å². The number of rotatable bonds is 11. The lowest BCUT2D eigenvalue weighted by atomic mass is 10.0. The molecular formula is C21H28N4O8S. The smallest absolute Gasteiger partial charge is 0.326 e. The van der Waals surface area contributed by atoms with E-state index in [2.05, 4.69) is 23.3 Å². The van der Waals surface area contributed by atoms with Gasteiger partial charge in [-0.3, -0.25) is 19.2 Å². The molecule has 3 amide bonds. The number of likely N-dealkylation sites (tertiary alicyclic amines) is 1. The maximum Gasteiger partial charge on any atom is 0.326 e. The predicted molar refractivity (Wildman–Crippen MR) is 122 cm³/mol. The van der Waals surface area contributed by atoms with Crippen LogP contribution in [0.3, 0.4) is 0 Å². The number of phenols is 1. The number of carboxylic acid groups (broad SMARTS) is 2. The minimum atomic E-state index is -1.36. The monoisotopic (exact) mass is 496 g/mol. The number of nitrogens with zero attached hydrogens (tertiary/aromatic N) is 1. The summed E-state index contributed by atoms with van der Waals surface area (Å²) in [5, 5.41) is 32.5. The molecule has 2 rings (SSSR count). The molecule has 34 heavy (non-hydrogen) atoms. The maximum atomic E-state index is 13.0. The van der Waals surface area contributed by atoms with Crippen LogP contribution in [0.4, 0.5) is 0 Å². The Morgan fingerprint density at radius 1 is 1.09 bits per heavy atom. The molecule has 1 aliphatic heterocycles. The zero-order valence-electron chi connectivity index (χ0n) is 18.2. The number of nitrogens with two attached hydrogens (primary N) is 1. The van der Waals surface area contributed by atoms with Crippen molar-refractivity contribution < 1.29 is 39.3 Å². The van der Waals surface area contributed by atoms with Gasteiger partial charge in [-0.05, 0) is 30.5 Å². The predicted octanol–water partition coefficient (Wildman–Crippen LogP) is -1.29. The first-order chi connectivity index (χ1) is 16.0. The fourth-order valence-electron chi connectivity index (χ4n) is 3.58. The Balaban J connectivity index is 2.06. The lowest BCUT2D eigenvalue weighted by Crippen LogP contribution is -2.57. The molecule has 0 radical (unpaired) electrons. The molecular weight excluding hydrogens is 468 g/mol. The van der Waals surface area contributed by atoms with Crippen LogP contribution in [0.15, 0.2) is 24.3 Å². The van der Waals surface area contributed by atoms with Crippen LogP contribution in [0.25, 0.3) is 0 Å². The number of carbonyl (C=O) groups is 5. The third kappa shape index (κ3) is 7.35. The van der Waals surface area contributed by atoms with Gasteiger partial charge in [0, 0.05) is 18.7 Å². The Morgan fingerprint density at radius 3 is 2.29 bits per heavy atom. The van der Waals surface area contributed by atoms with E-state index in [0.717, 1.165) is 0 Å². The fourth-order valence-corrected chi connectivity index (χ4v) is 3.83. The first kappa shape index (κ1) is 26.9. The topological polar surface area (TPSA) is 199 Å². The molecule has 1 heterocycles. The lowest BCUT2D eigenvalue weighted by Gasteiger charge is -2.29. The van der Waals surface area contributed by atoms with E-state index in [9.17, 15) is 34.2 Å². The van der Waals surface area contributed by atoms with Crippen LogP contribution in [-0.4, -0.2) is 86.3 Å². The number of carboxylic acids is 2. The average Bonchev–Trinajstić information content (AvgIpc) is 3.27. The number of benzene rings is 1. The molecule has 1 fully saturated rings. The Bertz CT molecular complexity index is 926. The number of carbonyl (C=O) groups excluding carboxylic acids is 3. The Morgan fingerprint density at radius 2 is 1.74 bits per heavy atom. The van der Waals surface area contributed by atoms with Crippen molar-refractivity contribution in [1.29, 1.82) is 0 Å². The van der Waals surface area contributed by atoms with Crippen molar-refractivity contribution >= 4 is 42.3 Å². The minimum absolute atomic E-state index is 0.0227. The van der Waals surface area contributed by atoms with Crippen molar-refractivity contribution in [3.8, 4) is 5.75 Å². The van der Waals surface area contributed by atoms with E-state index in [4.69, 9.17) is 10.8 Å². The number of aliphatic carboxylic acids is 2. The van der Waals surface area contributed by atoms with E-state index >= 15 is 0 Å². The highest BCUT2D eigenvalue weighted by Crippen LogP contribution is 2.20. The van der Waals surface area contributed by atoms with Gasteiger partial charge in [-0.1, -0.05) is 12.1 Å². The molecule has 0 aromatic heterocycles. The van der Waals surface area contributed by atoms with E-state index in [1.165, 1.54) is 29.2 Å². The van der Waals surface area contributed by atoms with Gasteiger partial charge >= 0.3 is 11.9 Å². The van der Waals surface area contributed by atoms with E-state index in [-0.39, 0.29) is 24.5 Å². The van der Waals surface area contributed by atoms with Crippen molar-refractivity contribution in [3.05, 3.63) is 29.8 Å². The fraction of sp³-hybridized carbons (Fsp3) is 0.476. The van der Waals surface area contributed by atoms with Crippen molar-refractivity contribution in [2.24, 2.45) is 5.73 Å². The number of hydrogen-bond acceptors (Lipinski definition) is 8. The second kappa shape index (κ2) is 12.2. The third-order valence-corrected chi connectivity index (χ3v) is 5.72. The average molecular weight is 497 g/mol. The minimum Gasteiger partial charge on any atom is -0.508 e. The molecule has 1 aromatic carbocycles. The van der Waals surface area contributed by atoms with Gasteiger partial charge in [0.15, 0.2) is 0 Å². The molecule has 13 heteroatoms. The van der Waals surface area contributed by atoms with E-state index < -0.39 is 60.2 Å². The molecule has 1 aromatic rings. The van der Waals surface area contributed by atoms with Gasteiger partial charge in [0.1, 0.15) is 23.9 Å². The van der Waals surface area contributed by atoms with Gasteiger partial charge in [-0.25, -0.2) is 4.79 Å². The van der Waals surface area contributed by atoms with Crippen molar-refractivity contribution in [3.63, 3.8) is 0 Å². The first-order valence-electron chi connectivity index (χ1n) is 10.5. The van der Waals surface area contributed by atoms with Crippen LogP contribution in [0.1, 0.15) is 24.8 Å². The van der Waals surface area contributed by atoms with Crippen LogP contribution in [-0.2, 0) is 30.4 Å². The molecule has 0 aliphatic carbocycles. The molecule has 1 aliphatic rings. The van der Waals surface area contributed by atoms with Gasteiger partial charge < -0.3 is 36.6 Å². The normalized spacial score (nSPS) is 17.9. The van der Waals surface area contributed by atoms with Crippen LogP contribution >= 0.6 is 12.6 Å². The molecule has 0 spiro atoms. The Labute approximate surface area is 200 Å². The highest BCUT2D eigenvalue weighted by atomic mass is 32.1. The van der Waals surface area contributed by atoms with Crippen molar-refractivity contribution in [1.82, 2.24) is 15.5 Å². The van der Waals surface area contributed by atoms with Gasteiger partial charge in [0.25, 0.3) is 0 Å². The number of amides is 3. The molecule has 186 valence electrons. The number of aromatic hydroxyl groups is 1. The second-order valence-electron chi connectivity index (χ2n) is 7.91. The maximum absolute atomic E-state index is 13.0. The summed E-state index contributed by atoms with van der Waals surface area (Å²) >= 11 is 4.07. The van der Waals surface area contributed by atoms with E-state index in [0.29, 0.717) is 18.4 Å². The summed E-state index contributed by atoms with van der Waals surface area (Å²) in [4.78, 5) is 61.7. The molecule has 7 N–H and O–H groups in total. The van der Waals surface area contributed by atoms with Gasteiger partial charge in [0.05, 0.1) is 12.5 Å². The van der Waals surface area contributed by atoms with Crippen LogP contribution in [0, 0.1) is 0 Å². The summed E-state index contributed by atoms with van der Waals surface area (Å²) in [6.07, 6.45) is 0.144. The van der Waals surface area contributed by atoms with Crippen LogP contribution in [0.2, 0.25) is 0 Å².